The lowest BCUT2D eigenvalue weighted by atomic mass is 10.0. The predicted molar refractivity (Wildman–Crippen MR) is 63.3 cm³/mol. The molecule has 0 aromatic carbocycles. The zero-order chi connectivity index (χ0) is 12.2. The van der Waals surface area contributed by atoms with E-state index in [0.717, 1.165) is 13.0 Å². The van der Waals surface area contributed by atoms with E-state index in [4.69, 9.17) is 10.5 Å². The van der Waals surface area contributed by atoms with Gasteiger partial charge in [-0.1, -0.05) is 0 Å². The molecule has 16 heavy (non-hydrogen) atoms. The van der Waals surface area contributed by atoms with Crippen LogP contribution in [0.5, 0.6) is 0 Å². The number of amides is 2. The third-order valence-corrected chi connectivity index (χ3v) is 3.05. The maximum Gasteiger partial charge on any atom is 0.318 e. The van der Waals surface area contributed by atoms with Gasteiger partial charge in [-0.25, -0.2) is 4.79 Å². The summed E-state index contributed by atoms with van der Waals surface area (Å²) in [5.74, 6) is 0. The Morgan fingerprint density at radius 1 is 1.62 bits per heavy atom. The number of nitrogens with zero attached hydrogens (tertiary/aromatic N) is 1. The van der Waals surface area contributed by atoms with Crippen LogP contribution in [0.1, 0.15) is 27.2 Å². The fourth-order valence-electron chi connectivity index (χ4n) is 1.86. The summed E-state index contributed by atoms with van der Waals surface area (Å²) in [7, 11) is 0. The number of nitrogens with two attached hydrogens (primary N) is 1. The molecule has 0 aromatic heterocycles. The number of carbonyl (C=O) groups is 1. The first-order valence-corrected chi connectivity index (χ1v) is 5.87. The number of carbonyl (C=O) groups excluding carboxylic acids is 1. The largest absolute Gasteiger partial charge is 0.379 e. The lowest BCUT2D eigenvalue weighted by Gasteiger charge is -2.37. The first-order valence-electron chi connectivity index (χ1n) is 5.87. The van der Waals surface area contributed by atoms with E-state index in [0.29, 0.717) is 19.7 Å². The quantitative estimate of drug-likeness (QED) is 0.739. The van der Waals surface area contributed by atoms with Gasteiger partial charge in [0.05, 0.1) is 18.2 Å². The summed E-state index contributed by atoms with van der Waals surface area (Å²) in [6, 6.07) is 0.101. The number of ether oxygens (including phenoxy) is 1. The van der Waals surface area contributed by atoms with Crippen molar-refractivity contribution < 1.29 is 9.53 Å². The average molecular weight is 229 g/mol. The molecule has 0 saturated carbocycles. The molecule has 1 aliphatic rings. The molecular weight excluding hydrogens is 206 g/mol. The second-order valence-corrected chi connectivity index (χ2v) is 4.77. The molecule has 0 aromatic rings. The summed E-state index contributed by atoms with van der Waals surface area (Å²) >= 11 is 0. The number of urea groups is 1. The molecule has 1 atom stereocenters. The molecular formula is C11H23N3O2. The van der Waals surface area contributed by atoms with E-state index in [9.17, 15) is 4.79 Å². The van der Waals surface area contributed by atoms with Gasteiger partial charge in [0.25, 0.3) is 0 Å². The van der Waals surface area contributed by atoms with Crippen molar-refractivity contribution in [2.45, 2.75) is 38.8 Å². The molecule has 1 rings (SSSR count). The van der Waals surface area contributed by atoms with Gasteiger partial charge < -0.3 is 20.7 Å². The predicted octanol–water partition coefficient (Wildman–Crippen LogP) is 0.544. The summed E-state index contributed by atoms with van der Waals surface area (Å²) in [6.07, 6.45) is 0.895. The van der Waals surface area contributed by atoms with Crippen molar-refractivity contribution in [2.24, 2.45) is 5.73 Å². The molecule has 1 saturated heterocycles. The van der Waals surface area contributed by atoms with Crippen molar-refractivity contribution in [3.8, 4) is 0 Å². The average Bonchev–Trinajstić information content (AvgIpc) is 2.71. The maximum atomic E-state index is 12.0. The van der Waals surface area contributed by atoms with Crippen molar-refractivity contribution in [2.75, 3.05) is 26.3 Å². The van der Waals surface area contributed by atoms with Crippen molar-refractivity contribution in [1.82, 2.24) is 10.2 Å². The van der Waals surface area contributed by atoms with Gasteiger partial charge in [0.2, 0.25) is 0 Å². The maximum absolute atomic E-state index is 12.0. The van der Waals surface area contributed by atoms with E-state index in [1.807, 2.05) is 20.8 Å². The lowest BCUT2D eigenvalue weighted by Crippen LogP contribution is -2.57. The fourth-order valence-corrected chi connectivity index (χ4v) is 1.86. The molecule has 5 nitrogen and oxygen atoms in total. The van der Waals surface area contributed by atoms with E-state index in [-0.39, 0.29) is 17.6 Å². The summed E-state index contributed by atoms with van der Waals surface area (Å²) in [6.45, 7) is 8.37. The molecule has 2 amide bonds. The van der Waals surface area contributed by atoms with Crippen LogP contribution in [-0.2, 0) is 4.74 Å². The number of hydrogen-bond donors (Lipinski definition) is 2. The van der Waals surface area contributed by atoms with Gasteiger partial charge in [0, 0.05) is 19.7 Å². The topological polar surface area (TPSA) is 67.6 Å². The third-order valence-electron chi connectivity index (χ3n) is 3.05. The zero-order valence-electron chi connectivity index (χ0n) is 10.5. The highest BCUT2D eigenvalue weighted by Gasteiger charge is 2.30. The summed E-state index contributed by atoms with van der Waals surface area (Å²) in [5, 5.41) is 2.98. The normalized spacial score (nSPS) is 20.9. The molecule has 5 heteroatoms. The van der Waals surface area contributed by atoms with E-state index >= 15 is 0 Å². The van der Waals surface area contributed by atoms with Crippen molar-refractivity contribution in [3.05, 3.63) is 0 Å². The highest BCUT2D eigenvalue weighted by atomic mass is 16.5. The summed E-state index contributed by atoms with van der Waals surface area (Å²) in [5.41, 5.74) is 5.38. The van der Waals surface area contributed by atoms with Gasteiger partial charge in [-0.15, -0.1) is 0 Å². The monoisotopic (exact) mass is 229 g/mol. The minimum Gasteiger partial charge on any atom is -0.379 e. The number of likely N-dealkylation sites (N-methyl/N-ethyl adjacent to an activating group) is 1. The molecule has 0 aliphatic carbocycles. The standard InChI is InChI=1S/C11H23N3O2/c1-4-14(11(2,3)8-12)10(15)13-9-5-6-16-7-9/h9H,4-8,12H2,1-3H3,(H,13,15). The Hall–Kier alpha value is -0.810. The van der Waals surface area contributed by atoms with Crippen LogP contribution in [0.3, 0.4) is 0 Å². The highest BCUT2D eigenvalue weighted by molar-refractivity contribution is 5.75. The van der Waals surface area contributed by atoms with Gasteiger partial charge in [0.1, 0.15) is 0 Å². The molecule has 0 bridgehead atoms. The van der Waals surface area contributed by atoms with E-state index in [1.165, 1.54) is 0 Å². The number of rotatable bonds is 4. The Bertz CT molecular complexity index is 237. The Labute approximate surface area is 97.3 Å². The minimum atomic E-state index is -0.307. The molecule has 1 unspecified atom stereocenters. The van der Waals surface area contributed by atoms with Gasteiger partial charge in [-0.05, 0) is 27.2 Å². The Morgan fingerprint density at radius 2 is 2.31 bits per heavy atom. The zero-order valence-corrected chi connectivity index (χ0v) is 10.5. The van der Waals surface area contributed by atoms with Crippen molar-refractivity contribution >= 4 is 6.03 Å². The van der Waals surface area contributed by atoms with Crippen LogP contribution < -0.4 is 11.1 Å². The van der Waals surface area contributed by atoms with Gasteiger partial charge in [-0.3, -0.25) is 0 Å². The first-order chi connectivity index (χ1) is 7.51. The Morgan fingerprint density at radius 3 is 2.75 bits per heavy atom. The van der Waals surface area contributed by atoms with Gasteiger partial charge in [0.15, 0.2) is 0 Å². The van der Waals surface area contributed by atoms with Crippen LogP contribution >= 0.6 is 0 Å². The van der Waals surface area contributed by atoms with Crippen LogP contribution in [0.15, 0.2) is 0 Å². The van der Waals surface area contributed by atoms with E-state index in [1.54, 1.807) is 4.90 Å². The summed E-state index contributed by atoms with van der Waals surface area (Å²) in [4.78, 5) is 13.8. The van der Waals surface area contributed by atoms with Crippen LogP contribution in [0.4, 0.5) is 4.79 Å². The molecule has 1 heterocycles. The van der Waals surface area contributed by atoms with E-state index < -0.39 is 0 Å². The molecule has 0 spiro atoms. The third kappa shape index (κ3) is 3.09. The number of nitrogens with one attached hydrogen (secondary N) is 1. The van der Waals surface area contributed by atoms with Crippen LogP contribution in [-0.4, -0.2) is 48.8 Å². The molecule has 1 aliphatic heterocycles. The number of hydrogen-bond acceptors (Lipinski definition) is 3. The summed E-state index contributed by atoms with van der Waals surface area (Å²) < 4.78 is 5.23. The van der Waals surface area contributed by atoms with Crippen molar-refractivity contribution in [1.29, 1.82) is 0 Å². The Kier molecular flexibility index (Phi) is 4.56. The van der Waals surface area contributed by atoms with E-state index in [2.05, 4.69) is 5.32 Å². The second-order valence-electron chi connectivity index (χ2n) is 4.77. The van der Waals surface area contributed by atoms with Gasteiger partial charge >= 0.3 is 6.03 Å². The lowest BCUT2D eigenvalue weighted by molar-refractivity contribution is 0.137. The molecule has 94 valence electrons. The first kappa shape index (κ1) is 13.3. The minimum absolute atomic E-state index is 0.0477. The van der Waals surface area contributed by atoms with Crippen LogP contribution in [0.25, 0.3) is 0 Å². The van der Waals surface area contributed by atoms with Crippen molar-refractivity contribution in [3.63, 3.8) is 0 Å². The second kappa shape index (κ2) is 5.50. The van der Waals surface area contributed by atoms with Crippen LogP contribution in [0.2, 0.25) is 0 Å². The fraction of sp³-hybridized carbons (Fsp3) is 0.909. The molecule has 1 fully saturated rings. The highest BCUT2D eigenvalue weighted by Crippen LogP contribution is 2.13. The van der Waals surface area contributed by atoms with Gasteiger partial charge in [-0.2, -0.15) is 0 Å². The Balaban J connectivity index is 2.55. The smallest absolute Gasteiger partial charge is 0.318 e. The van der Waals surface area contributed by atoms with Crippen LogP contribution in [0, 0.1) is 0 Å². The molecule has 3 N–H and O–H groups in total. The molecule has 0 radical (unpaired) electrons. The SMILES string of the molecule is CCN(C(=O)NC1CCOC1)C(C)(C)CN.